The number of hydrogen-bond acceptors (Lipinski definition) is 4. The predicted octanol–water partition coefficient (Wildman–Crippen LogP) is 0.0206. The maximum absolute atomic E-state index is 11.6. The van der Waals surface area contributed by atoms with Crippen LogP contribution in [-0.4, -0.2) is 38.0 Å². The predicted molar refractivity (Wildman–Crippen MR) is 62.8 cm³/mol. The minimum absolute atomic E-state index is 0.0574. The van der Waals surface area contributed by atoms with Crippen molar-refractivity contribution in [3.05, 3.63) is 24.3 Å². The molecule has 7 heteroatoms. The average molecular weight is 248 g/mol. The van der Waals surface area contributed by atoms with E-state index in [0.29, 0.717) is 5.52 Å². The quantitative estimate of drug-likeness (QED) is 0.795. The Morgan fingerprint density at radius 1 is 1.44 bits per heavy atom. The minimum Gasteiger partial charge on any atom is -0.480 e. The van der Waals surface area contributed by atoms with Crippen LogP contribution in [0.15, 0.2) is 24.3 Å². The zero-order valence-corrected chi connectivity index (χ0v) is 9.70. The van der Waals surface area contributed by atoms with Crippen LogP contribution in [0.1, 0.15) is 6.92 Å². The topological polar surface area (TPSA) is 97.1 Å². The van der Waals surface area contributed by atoms with Crippen LogP contribution in [0.3, 0.4) is 0 Å². The molecule has 1 atom stereocenters. The summed E-state index contributed by atoms with van der Waals surface area (Å²) >= 11 is 0. The minimum atomic E-state index is -1.08. The number of aliphatic carboxylic acids is 1. The SMILES string of the molecule is CC(NC(=O)Cn1nnc2ccccc21)C(=O)O. The van der Waals surface area contributed by atoms with Crippen LogP contribution in [0.4, 0.5) is 0 Å². The van der Waals surface area contributed by atoms with Gasteiger partial charge in [-0.05, 0) is 19.1 Å². The molecule has 2 aromatic rings. The Morgan fingerprint density at radius 3 is 2.89 bits per heavy atom. The Bertz CT molecular complexity index is 593. The van der Waals surface area contributed by atoms with Gasteiger partial charge < -0.3 is 10.4 Å². The molecule has 1 heterocycles. The average Bonchev–Trinajstić information content (AvgIpc) is 2.72. The number of hydrogen-bond donors (Lipinski definition) is 2. The van der Waals surface area contributed by atoms with Crippen LogP contribution in [0.25, 0.3) is 11.0 Å². The number of carbonyl (C=O) groups is 2. The van der Waals surface area contributed by atoms with Gasteiger partial charge in [-0.1, -0.05) is 17.3 Å². The summed E-state index contributed by atoms with van der Waals surface area (Å²) in [6.07, 6.45) is 0. The van der Waals surface area contributed by atoms with Crippen LogP contribution in [0.5, 0.6) is 0 Å². The molecule has 0 aliphatic rings. The van der Waals surface area contributed by atoms with Gasteiger partial charge in [-0.25, -0.2) is 4.68 Å². The van der Waals surface area contributed by atoms with Crippen LogP contribution >= 0.6 is 0 Å². The second-order valence-corrected chi connectivity index (χ2v) is 3.86. The molecule has 1 amide bonds. The van der Waals surface area contributed by atoms with Crippen molar-refractivity contribution in [2.45, 2.75) is 19.5 Å². The first-order chi connectivity index (χ1) is 8.58. The molecule has 7 nitrogen and oxygen atoms in total. The molecular formula is C11H12N4O3. The molecule has 18 heavy (non-hydrogen) atoms. The summed E-state index contributed by atoms with van der Waals surface area (Å²) in [5, 5.41) is 18.8. The number of fused-ring (bicyclic) bond motifs is 1. The van der Waals surface area contributed by atoms with Gasteiger partial charge in [0, 0.05) is 0 Å². The molecule has 0 saturated carbocycles. The Hall–Kier alpha value is -2.44. The van der Waals surface area contributed by atoms with E-state index in [1.165, 1.54) is 11.6 Å². The van der Waals surface area contributed by atoms with E-state index in [9.17, 15) is 9.59 Å². The van der Waals surface area contributed by atoms with Crippen molar-refractivity contribution in [3.63, 3.8) is 0 Å². The summed E-state index contributed by atoms with van der Waals surface area (Å²) in [5.41, 5.74) is 1.42. The molecule has 1 unspecified atom stereocenters. The lowest BCUT2D eigenvalue weighted by atomic mass is 10.3. The number of para-hydroxylation sites is 1. The lowest BCUT2D eigenvalue weighted by Crippen LogP contribution is -2.40. The van der Waals surface area contributed by atoms with Crippen molar-refractivity contribution in [1.29, 1.82) is 0 Å². The fourth-order valence-corrected chi connectivity index (χ4v) is 1.52. The monoisotopic (exact) mass is 248 g/mol. The van der Waals surface area contributed by atoms with Crippen LogP contribution in [-0.2, 0) is 16.1 Å². The van der Waals surface area contributed by atoms with Crippen molar-refractivity contribution < 1.29 is 14.7 Å². The molecule has 0 radical (unpaired) electrons. The highest BCUT2D eigenvalue weighted by Gasteiger charge is 2.15. The highest BCUT2D eigenvalue weighted by molar-refractivity contribution is 5.84. The third-order valence-corrected chi connectivity index (χ3v) is 2.46. The molecular weight excluding hydrogens is 236 g/mol. The fraction of sp³-hybridized carbons (Fsp3) is 0.273. The lowest BCUT2D eigenvalue weighted by molar-refractivity contribution is -0.141. The second kappa shape index (κ2) is 4.82. The van der Waals surface area contributed by atoms with E-state index in [4.69, 9.17) is 5.11 Å². The summed E-state index contributed by atoms with van der Waals surface area (Å²) in [7, 11) is 0. The highest BCUT2D eigenvalue weighted by atomic mass is 16.4. The number of amides is 1. The summed E-state index contributed by atoms with van der Waals surface area (Å²) in [6.45, 7) is 1.35. The smallest absolute Gasteiger partial charge is 0.325 e. The van der Waals surface area contributed by atoms with Crippen LogP contribution in [0.2, 0.25) is 0 Å². The molecule has 2 N–H and O–H groups in total. The standard InChI is InChI=1S/C11H12N4O3/c1-7(11(17)18)12-10(16)6-15-9-5-3-2-4-8(9)13-14-15/h2-5,7H,6H2,1H3,(H,12,16)(H,17,18). The summed E-state index contributed by atoms with van der Waals surface area (Å²) in [6, 6.07) is 6.31. The molecule has 0 bridgehead atoms. The van der Waals surface area contributed by atoms with Crippen molar-refractivity contribution in [1.82, 2.24) is 20.3 Å². The van der Waals surface area contributed by atoms with Gasteiger partial charge >= 0.3 is 5.97 Å². The molecule has 0 aliphatic heterocycles. The Balaban J connectivity index is 2.10. The van der Waals surface area contributed by atoms with Gasteiger partial charge in [-0.2, -0.15) is 0 Å². The first-order valence-corrected chi connectivity index (χ1v) is 5.38. The second-order valence-electron chi connectivity index (χ2n) is 3.86. The number of carboxylic acid groups (broad SMARTS) is 1. The number of carboxylic acids is 1. The Labute approximate surface area is 102 Å². The van der Waals surface area contributed by atoms with E-state index in [2.05, 4.69) is 15.6 Å². The third-order valence-electron chi connectivity index (χ3n) is 2.46. The molecule has 94 valence electrons. The normalized spacial score (nSPS) is 12.3. The molecule has 0 spiro atoms. The Kier molecular flexibility index (Phi) is 3.22. The number of aromatic nitrogens is 3. The molecule has 1 aromatic heterocycles. The summed E-state index contributed by atoms with van der Waals surface area (Å²) in [4.78, 5) is 22.2. The van der Waals surface area contributed by atoms with Gasteiger partial charge in [0.25, 0.3) is 0 Å². The van der Waals surface area contributed by atoms with Gasteiger partial charge in [0.1, 0.15) is 18.1 Å². The summed E-state index contributed by atoms with van der Waals surface area (Å²) in [5.74, 6) is -1.49. The van der Waals surface area contributed by atoms with E-state index in [1.807, 2.05) is 12.1 Å². The first kappa shape index (κ1) is 12.0. The largest absolute Gasteiger partial charge is 0.480 e. The van der Waals surface area contributed by atoms with Gasteiger partial charge in [0.15, 0.2) is 0 Å². The first-order valence-electron chi connectivity index (χ1n) is 5.38. The highest BCUT2D eigenvalue weighted by Crippen LogP contribution is 2.09. The maximum atomic E-state index is 11.6. The zero-order chi connectivity index (χ0) is 13.1. The van der Waals surface area contributed by atoms with Gasteiger partial charge in [-0.3, -0.25) is 9.59 Å². The number of benzene rings is 1. The maximum Gasteiger partial charge on any atom is 0.325 e. The van der Waals surface area contributed by atoms with E-state index >= 15 is 0 Å². The zero-order valence-electron chi connectivity index (χ0n) is 9.70. The van der Waals surface area contributed by atoms with E-state index in [-0.39, 0.29) is 6.54 Å². The van der Waals surface area contributed by atoms with E-state index in [0.717, 1.165) is 5.52 Å². The van der Waals surface area contributed by atoms with Gasteiger partial charge in [-0.15, -0.1) is 5.10 Å². The van der Waals surface area contributed by atoms with Crippen LogP contribution in [0, 0.1) is 0 Å². The molecule has 0 fully saturated rings. The molecule has 1 aromatic carbocycles. The van der Waals surface area contributed by atoms with E-state index < -0.39 is 17.9 Å². The van der Waals surface area contributed by atoms with Gasteiger partial charge in [0.05, 0.1) is 5.52 Å². The van der Waals surface area contributed by atoms with Crippen LogP contribution < -0.4 is 5.32 Å². The molecule has 2 rings (SSSR count). The fourth-order valence-electron chi connectivity index (χ4n) is 1.52. The van der Waals surface area contributed by atoms with E-state index in [1.54, 1.807) is 12.1 Å². The molecule has 0 saturated heterocycles. The number of nitrogens with zero attached hydrogens (tertiary/aromatic N) is 3. The Morgan fingerprint density at radius 2 is 2.17 bits per heavy atom. The summed E-state index contributed by atoms with van der Waals surface area (Å²) < 4.78 is 1.43. The van der Waals surface area contributed by atoms with Crippen molar-refractivity contribution in [2.75, 3.05) is 0 Å². The number of carbonyl (C=O) groups excluding carboxylic acids is 1. The number of rotatable bonds is 4. The lowest BCUT2D eigenvalue weighted by Gasteiger charge is -2.09. The van der Waals surface area contributed by atoms with Gasteiger partial charge in [0.2, 0.25) is 5.91 Å². The van der Waals surface area contributed by atoms with Crippen molar-refractivity contribution in [3.8, 4) is 0 Å². The van der Waals surface area contributed by atoms with Crippen molar-refractivity contribution >= 4 is 22.9 Å². The third kappa shape index (κ3) is 2.45. The number of nitrogens with one attached hydrogen (secondary N) is 1. The molecule has 0 aliphatic carbocycles. The van der Waals surface area contributed by atoms with Crippen molar-refractivity contribution in [2.24, 2.45) is 0 Å².